The Bertz CT molecular complexity index is 569. The van der Waals surface area contributed by atoms with Crippen LogP contribution in [0.2, 0.25) is 0 Å². The van der Waals surface area contributed by atoms with Gasteiger partial charge in [-0.05, 0) is 45.6 Å². The Hall–Kier alpha value is -1.85. The smallest absolute Gasteiger partial charge is 0.416 e. The fourth-order valence-electron chi connectivity index (χ4n) is 3.47. The van der Waals surface area contributed by atoms with Gasteiger partial charge in [0, 0.05) is 12.2 Å². The molecule has 126 valence electrons. The van der Waals surface area contributed by atoms with Crippen molar-refractivity contribution in [2.24, 2.45) is 5.92 Å². The lowest BCUT2D eigenvalue weighted by Gasteiger charge is -2.28. The number of anilines is 2. The predicted molar refractivity (Wildman–Crippen MR) is 89.6 cm³/mol. The number of amides is 1. The largest absolute Gasteiger partial charge is 0.441 e. The fraction of sp³-hybridized carbons (Fsp3) is 0.706. The quantitative estimate of drug-likeness (QED) is 0.919. The van der Waals surface area contributed by atoms with Crippen molar-refractivity contribution in [1.29, 1.82) is 0 Å². The van der Waals surface area contributed by atoms with Crippen LogP contribution in [0.1, 0.15) is 52.9 Å². The van der Waals surface area contributed by atoms with E-state index in [9.17, 15) is 4.79 Å². The van der Waals surface area contributed by atoms with E-state index in [4.69, 9.17) is 4.74 Å². The van der Waals surface area contributed by atoms with Crippen molar-refractivity contribution in [3.63, 3.8) is 0 Å². The number of cyclic esters (lactones) is 1. The second-order valence-electron chi connectivity index (χ2n) is 7.28. The van der Waals surface area contributed by atoms with Crippen molar-refractivity contribution in [3.8, 4) is 0 Å². The first-order chi connectivity index (χ1) is 10.9. The molecule has 1 aliphatic carbocycles. The van der Waals surface area contributed by atoms with Crippen molar-refractivity contribution in [3.05, 3.63) is 12.3 Å². The minimum atomic E-state index is -0.481. The topological polar surface area (TPSA) is 67.3 Å². The zero-order chi connectivity index (χ0) is 16.4. The van der Waals surface area contributed by atoms with Gasteiger partial charge >= 0.3 is 6.09 Å². The molecule has 23 heavy (non-hydrogen) atoms. The lowest BCUT2D eigenvalue weighted by atomic mass is 9.85. The summed E-state index contributed by atoms with van der Waals surface area (Å²) < 4.78 is 5.34. The normalized spacial score (nSPS) is 22.7. The van der Waals surface area contributed by atoms with Crippen molar-refractivity contribution in [1.82, 2.24) is 9.97 Å². The van der Waals surface area contributed by atoms with E-state index in [0.717, 1.165) is 0 Å². The summed E-state index contributed by atoms with van der Waals surface area (Å²) in [6, 6.07) is 2.09. The van der Waals surface area contributed by atoms with Gasteiger partial charge in [-0.1, -0.05) is 19.3 Å². The number of ether oxygens (including phenoxy) is 1. The summed E-state index contributed by atoms with van der Waals surface area (Å²) in [6.45, 7) is 6.49. The Labute approximate surface area is 137 Å². The lowest BCUT2D eigenvalue weighted by molar-refractivity contribution is 0.0871. The molecular weight excluding hydrogens is 292 g/mol. The molecule has 3 rings (SSSR count). The van der Waals surface area contributed by atoms with Gasteiger partial charge in [-0.25, -0.2) is 9.78 Å². The minimum Gasteiger partial charge on any atom is -0.441 e. The van der Waals surface area contributed by atoms with Crippen LogP contribution in [0.15, 0.2) is 12.3 Å². The average Bonchev–Trinajstić information content (AvgIpc) is 2.81. The third-order valence-corrected chi connectivity index (χ3v) is 4.75. The zero-order valence-electron chi connectivity index (χ0n) is 14.2. The summed E-state index contributed by atoms with van der Waals surface area (Å²) in [5.41, 5.74) is -0.481. The summed E-state index contributed by atoms with van der Waals surface area (Å²) in [5.74, 6) is 1.85. The number of aromatic nitrogens is 2. The molecule has 1 aliphatic heterocycles. The molecule has 6 heteroatoms. The number of hydrogen-bond acceptors (Lipinski definition) is 5. The Morgan fingerprint density at radius 3 is 2.74 bits per heavy atom. The van der Waals surface area contributed by atoms with E-state index in [1.54, 1.807) is 17.2 Å². The molecule has 0 radical (unpaired) electrons. The molecule has 6 nitrogen and oxygen atoms in total. The minimum absolute atomic E-state index is 0.340. The van der Waals surface area contributed by atoms with E-state index in [1.165, 1.54) is 32.1 Å². The monoisotopic (exact) mass is 318 g/mol. The summed E-state index contributed by atoms with van der Waals surface area (Å²) in [6.07, 6.45) is 7.85. The van der Waals surface area contributed by atoms with Crippen LogP contribution in [0.4, 0.5) is 16.6 Å². The van der Waals surface area contributed by atoms with Gasteiger partial charge in [0.15, 0.2) is 0 Å². The second-order valence-corrected chi connectivity index (χ2v) is 7.28. The van der Waals surface area contributed by atoms with Gasteiger partial charge in [0.05, 0.1) is 6.54 Å². The van der Waals surface area contributed by atoms with Crippen molar-refractivity contribution in [2.45, 2.75) is 64.5 Å². The van der Waals surface area contributed by atoms with Gasteiger partial charge in [-0.3, -0.25) is 4.90 Å². The number of nitrogens with one attached hydrogen (secondary N) is 1. The van der Waals surface area contributed by atoms with E-state index < -0.39 is 5.60 Å². The maximum absolute atomic E-state index is 12.0. The highest BCUT2D eigenvalue weighted by Crippen LogP contribution is 2.29. The van der Waals surface area contributed by atoms with Crippen LogP contribution in [-0.4, -0.2) is 34.2 Å². The van der Waals surface area contributed by atoms with E-state index in [-0.39, 0.29) is 6.09 Å². The molecule has 1 aromatic rings. The zero-order valence-corrected chi connectivity index (χ0v) is 14.2. The van der Waals surface area contributed by atoms with Gasteiger partial charge in [-0.15, -0.1) is 0 Å². The van der Waals surface area contributed by atoms with E-state index >= 15 is 0 Å². The van der Waals surface area contributed by atoms with Crippen LogP contribution in [0.25, 0.3) is 0 Å². The Kier molecular flexibility index (Phi) is 4.41. The summed E-state index contributed by atoms with van der Waals surface area (Å²) >= 11 is 0. The van der Waals surface area contributed by atoms with Gasteiger partial charge in [0.1, 0.15) is 11.4 Å². The van der Waals surface area contributed by atoms with Crippen molar-refractivity contribution >= 4 is 17.9 Å². The molecule has 1 saturated heterocycles. The molecule has 1 N–H and O–H groups in total. The number of carbonyl (C=O) groups excluding carboxylic acids is 1. The molecule has 2 aliphatic rings. The van der Waals surface area contributed by atoms with E-state index in [1.807, 2.05) is 13.8 Å². The van der Waals surface area contributed by atoms with Crippen LogP contribution >= 0.6 is 0 Å². The average molecular weight is 318 g/mol. The molecular formula is C17H26N4O2. The maximum atomic E-state index is 12.0. The highest BCUT2D eigenvalue weighted by atomic mass is 16.6. The van der Waals surface area contributed by atoms with Crippen molar-refractivity contribution < 1.29 is 9.53 Å². The molecule has 1 amide bonds. The number of nitrogens with zero attached hydrogens (tertiary/aromatic N) is 3. The SMILES string of the molecule is C[C@H](Nc1nccc(N2CC(C)(C)OC2=O)n1)C1CCCCC1. The van der Waals surface area contributed by atoms with Crippen LogP contribution < -0.4 is 10.2 Å². The molecule has 0 unspecified atom stereocenters. The fourth-order valence-corrected chi connectivity index (χ4v) is 3.47. The molecule has 1 aromatic heterocycles. The lowest BCUT2D eigenvalue weighted by Crippen LogP contribution is -2.30. The molecule has 2 fully saturated rings. The molecule has 1 saturated carbocycles. The highest BCUT2D eigenvalue weighted by Gasteiger charge is 2.39. The third kappa shape index (κ3) is 3.74. The number of hydrogen-bond donors (Lipinski definition) is 1. The molecule has 1 atom stereocenters. The van der Waals surface area contributed by atoms with E-state index in [0.29, 0.717) is 30.3 Å². The second kappa shape index (κ2) is 6.34. The first kappa shape index (κ1) is 16.0. The van der Waals surface area contributed by atoms with Gasteiger partial charge in [0.25, 0.3) is 0 Å². The molecule has 2 heterocycles. The molecule has 0 spiro atoms. The first-order valence-corrected chi connectivity index (χ1v) is 8.55. The highest BCUT2D eigenvalue weighted by molar-refractivity contribution is 5.89. The standard InChI is InChI=1S/C17H26N4O2/c1-12(13-7-5-4-6-8-13)19-15-18-10-9-14(20-15)21-11-17(2,3)23-16(21)22/h9-10,12-13H,4-8,11H2,1-3H3,(H,18,19,20)/t12-/m0/s1. The van der Waals surface area contributed by atoms with Crippen LogP contribution in [0.5, 0.6) is 0 Å². The van der Waals surface area contributed by atoms with Gasteiger partial charge < -0.3 is 10.1 Å². The Morgan fingerprint density at radius 2 is 2.09 bits per heavy atom. The number of carbonyl (C=O) groups is 1. The summed E-state index contributed by atoms with van der Waals surface area (Å²) in [7, 11) is 0. The van der Waals surface area contributed by atoms with Crippen LogP contribution in [0, 0.1) is 5.92 Å². The number of rotatable bonds is 4. The van der Waals surface area contributed by atoms with Crippen molar-refractivity contribution in [2.75, 3.05) is 16.8 Å². The summed E-state index contributed by atoms with van der Waals surface area (Å²) in [4.78, 5) is 22.4. The Morgan fingerprint density at radius 1 is 1.35 bits per heavy atom. The van der Waals surface area contributed by atoms with Crippen LogP contribution in [0.3, 0.4) is 0 Å². The first-order valence-electron chi connectivity index (χ1n) is 8.55. The van der Waals surface area contributed by atoms with Gasteiger partial charge in [-0.2, -0.15) is 4.98 Å². The third-order valence-electron chi connectivity index (χ3n) is 4.75. The Balaban J connectivity index is 1.69. The molecule has 0 bridgehead atoms. The summed E-state index contributed by atoms with van der Waals surface area (Å²) in [5, 5.41) is 3.41. The van der Waals surface area contributed by atoms with E-state index in [2.05, 4.69) is 22.2 Å². The maximum Gasteiger partial charge on any atom is 0.416 e. The van der Waals surface area contributed by atoms with Crippen LogP contribution in [-0.2, 0) is 4.74 Å². The predicted octanol–water partition coefficient (Wildman–Crippen LogP) is 3.59. The van der Waals surface area contributed by atoms with Gasteiger partial charge in [0.2, 0.25) is 5.95 Å². The molecule has 0 aromatic carbocycles.